The lowest BCUT2D eigenvalue weighted by molar-refractivity contribution is -0.113. The molecule has 0 radical (unpaired) electrons. The first-order valence-corrected chi connectivity index (χ1v) is 7.39. The van der Waals surface area contributed by atoms with Gasteiger partial charge >= 0.3 is 0 Å². The van der Waals surface area contributed by atoms with Crippen molar-refractivity contribution in [3.63, 3.8) is 0 Å². The minimum atomic E-state index is -0.477. The summed E-state index contributed by atoms with van der Waals surface area (Å²) in [5.74, 6) is -0.477. The molecule has 23 heavy (non-hydrogen) atoms. The molecule has 0 spiro atoms. The fraction of sp³-hybridized carbons (Fsp3) is 0.111. The molecule has 0 atom stereocenters. The molecular formula is C18H15N3O2. The third kappa shape index (κ3) is 2.26. The summed E-state index contributed by atoms with van der Waals surface area (Å²) in [6.07, 6.45) is 0. The zero-order valence-electron chi connectivity index (χ0n) is 12.4. The highest BCUT2D eigenvalue weighted by Gasteiger charge is 2.32. The predicted molar refractivity (Wildman–Crippen MR) is 87.1 cm³/mol. The van der Waals surface area contributed by atoms with Crippen molar-refractivity contribution < 1.29 is 9.53 Å². The van der Waals surface area contributed by atoms with Gasteiger partial charge in [0.2, 0.25) is 0 Å². The minimum absolute atomic E-state index is 0.395. The summed E-state index contributed by atoms with van der Waals surface area (Å²) >= 11 is 0. The van der Waals surface area contributed by atoms with Gasteiger partial charge in [0.05, 0.1) is 12.2 Å². The van der Waals surface area contributed by atoms with Crippen molar-refractivity contribution in [1.29, 1.82) is 0 Å². The Morgan fingerprint density at radius 2 is 1.78 bits per heavy atom. The van der Waals surface area contributed by atoms with Gasteiger partial charge in [0.15, 0.2) is 0 Å². The molecule has 114 valence electrons. The van der Waals surface area contributed by atoms with Crippen molar-refractivity contribution >= 4 is 23.3 Å². The summed E-state index contributed by atoms with van der Waals surface area (Å²) in [6, 6.07) is 17.9. The smallest absolute Gasteiger partial charge is 0.297 e. The van der Waals surface area contributed by atoms with Crippen LogP contribution in [0.3, 0.4) is 0 Å². The van der Waals surface area contributed by atoms with E-state index < -0.39 is 5.91 Å². The van der Waals surface area contributed by atoms with Crippen LogP contribution >= 0.6 is 0 Å². The number of primary amides is 1. The van der Waals surface area contributed by atoms with Gasteiger partial charge in [-0.05, 0) is 5.56 Å². The van der Waals surface area contributed by atoms with E-state index in [2.05, 4.69) is 4.99 Å². The van der Waals surface area contributed by atoms with Gasteiger partial charge in [-0.15, -0.1) is 0 Å². The van der Waals surface area contributed by atoms with E-state index in [-0.39, 0.29) is 0 Å². The molecule has 0 saturated heterocycles. The van der Waals surface area contributed by atoms with Crippen molar-refractivity contribution in [2.45, 2.75) is 6.61 Å². The van der Waals surface area contributed by atoms with Crippen LogP contribution in [0.15, 0.2) is 59.6 Å². The van der Waals surface area contributed by atoms with Gasteiger partial charge in [0, 0.05) is 10.4 Å². The molecule has 0 saturated carbocycles. The SMILES string of the molecule is NC(=O)C1=c2ccccc2=C2CN1C(OCc1ccccc1)=N2. The molecule has 5 heteroatoms. The molecule has 0 unspecified atom stereocenters. The molecule has 0 aliphatic carbocycles. The van der Waals surface area contributed by atoms with E-state index >= 15 is 0 Å². The number of nitrogens with two attached hydrogens (primary N) is 1. The monoisotopic (exact) mass is 305 g/mol. The predicted octanol–water partition coefficient (Wildman–Crippen LogP) is 0.290. The Morgan fingerprint density at radius 1 is 1.09 bits per heavy atom. The van der Waals surface area contributed by atoms with Gasteiger partial charge in [0.1, 0.15) is 12.3 Å². The lowest BCUT2D eigenvalue weighted by Crippen LogP contribution is -2.45. The van der Waals surface area contributed by atoms with E-state index in [4.69, 9.17) is 10.5 Å². The summed E-state index contributed by atoms with van der Waals surface area (Å²) in [5.41, 5.74) is 7.98. The van der Waals surface area contributed by atoms with Crippen LogP contribution in [0.5, 0.6) is 0 Å². The molecule has 2 aromatic carbocycles. The second kappa shape index (κ2) is 5.28. The number of carbonyl (C=O) groups is 1. The second-order valence-electron chi connectivity index (χ2n) is 5.46. The van der Waals surface area contributed by atoms with Crippen molar-refractivity contribution in [2.24, 2.45) is 10.7 Å². The molecule has 2 bridgehead atoms. The van der Waals surface area contributed by atoms with E-state index in [1.54, 1.807) is 4.90 Å². The van der Waals surface area contributed by atoms with Crippen LogP contribution in [0.2, 0.25) is 0 Å². The Hall–Kier alpha value is -3.08. The van der Waals surface area contributed by atoms with Gasteiger partial charge in [-0.2, -0.15) is 4.99 Å². The number of amides is 1. The number of rotatable bonds is 3. The first-order chi connectivity index (χ1) is 11.2. The third-order valence-corrected chi connectivity index (χ3v) is 3.98. The highest BCUT2D eigenvalue weighted by Crippen LogP contribution is 2.21. The van der Waals surface area contributed by atoms with Crippen LogP contribution in [0, 0.1) is 0 Å². The average Bonchev–Trinajstić information content (AvgIpc) is 2.93. The van der Waals surface area contributed by atoms with Crippen LogP contribution in [-0.4, -0.2) is 23.4 Å². The maximum Gasteiger partial charge on any atom is 0.297 e. The Labute approximate surface area is 133 Å². The van der Waals surface area contributed by atoms with E-state index in [1.807, 2.05) is 54.6 Å². The number of fused-ring (bicyclic) bond motifs is 3. The van der Waals surface area contributed by atoms with E-state index in [1.165, 1.54) is 0 Å². The van der Waals surface area contributed by atoms with Crippen LogP contribution in [-0.2, 0) is 16.1 Å². The molecule has 2 N–H and O–H groups in total. The fourth-order valence-electron chi connectivity index (χ4n) is 2.93. The summed E-state index contributed by atoms with van der Waals surface area (Å²) in [5, 5.41) is 1.75. The standard InChI is InChI=1S/C18H15N3O2/c19-17(22)16-14-9-5-4-8-13(14)15-10-21(16)18(20-15)23-11-12-6-2-1-3-7-12/h1-9H,10-11H2,(H2,19,22). The van der Waals surface area contributed by atoms with Gasteiger partial charge < -0.3 is 10.5 Å². The Balaban J connectivity index is 1.73. The van der Waals surface area contributed by atoms with Crippen LogP contribution in [0.4, 0.5) is 0 Å². The lowest BCUT2D eigenvalue weighted by Gasteiger charge is -2.22. The average molecular weight is 305 g/mol. The van der Waals surface area contributed by atoms with Gasteiger partial charge in [0.25, 0.3) is 11.9 Å². The van der Waals surface area contributed by atoms with Gasteiger partial charge in [-0.25, -0.2) is 0 Å². The molecule has 2 heterocycles. The fourth-order valence-corrected chi connectivity index (χ4v) is 2.93. The largest absolute Gasteiger partial charge is 0.460 e. The Morgan fingerprint density at radius 3 is 2.52 bits per heavy atom. The number of benzene rings is 2. The van der Waals surface area contributed by atoms with Crippen molar-refractivity contribution in [1.82, 2.24) is 4.90 Å². The summed E-state index contributed by atoms with van der Waals surface area (Å²) in [4.78, 5) is 18.2. The first kappa shape index (κ1) is 13.6. The Kier molecular flexibility index (Phi) is 3.12. The van der Waals surface area contributed by atoms with Gasteiger partial charge in [-0.3, -0.25) is 9.69 Å². The number of amidine groups is 1. The second-order valence-corrected chi connectivity index (χ2v) is 5.46. The zero-order chi connectivity index (χ0) is 15.8. The molecule has 4 rings (SSSR count). The van der Waals surface area contributed by atoms with Crippen LogP contribution < -0.4 is 16.2 Å². The van der Waals surface area contributed by atoms with Crippen LogP contribution in [0.25, 0.3) is 11.4 Å². The van der Waals surface area contributed by atoms with Gasteiger partial charge in [-0.1, -0.05) is 54.6 Å². The molecule has 5 nitrogen and oxygen atoms in total. The van der Waals surface area contributed by atoms with Crippen molar-refractivity contribution in [2.75, 3.05) is 6.54 Å². The minimum Gasteiger partial charge on any atom is -0.460 e. The van der Waals surface area contributed by atoms with Crippen molar-refractivity contribution in [3.05, 3.63) is 70.6 Å². The maximum atomic E-state index is 11.9. The topological polar surface area (TPSA) is 67.9 Å². The zero-order valence-corrected chi connectivity index (χ0v) is 12.4. The molecular weight excluding hydrogens is 290 g/mol. The Bertz CT molecular complexity index is 932. The number of hydrogen-bond acceptors (Lipinski definition) is 4. The van der Waals surface area contributed by atoms with E-state index in [0.717, 1.165) is 21.7 Å². The number of hydrogen-bond donors (Lipinski definition) is 1. The molecule has 0 fully saturated rings. The van der Waals surface area contributed by atoms with E-state index in [9.17, 15) is 4.79 Å². The highest BCUT2D eigenvalue weighted by atomic mass is 16.5. The molecule has 2 aliphatic rings. The normalized spacial score (nSPS) is 15.3. The molecule has 1 amide bonds. The summed E-state index contributed by atoms with van der Waals surface area (Å²) in [7, 11) is 0. The van der Waals surface area contributed by atoms with E-state index in [0.29, 0.717) is 24.9 Å². The quantitative estimate of drug-likeness (QED) is 0.886. The number of carbonyl (C=O) groups excluding carboxylic acids is 1. The number of aliphatic imine (C=N–C) groups is 1. The first-order valence-electron chi connectivity index (χ1n) is 7.39. The summed E-state index contributed by atoms with van der Waals surface area (Å²) in [6.45, 7) is 0.908. The number of ether oxygens (including phenoxy) is 1. The highest BCUT2D eigenvalue weighted by molar-refractivity contribution is 6.16. The molecule has 0 aromatic heterocycles. The maximum absolute atomic E-state index is 11.9. The van der Waals surface area contributed by atoms with Crippen LogP contribution in [0.1, 0.15) is 5.56 Å². The lowest BCUT2D eigenvalue weighted by atomic mass is 10.1. The molecule has 2 aliphatic heterocycles. The van der Waals surface area contributed by atoms with Crippen molar-refractivity contribution in [3.8, 4) is 0 Å². The third-order valence-electron chi connectivity index (χ3n) is 3.98. The molecule has 2 aromatic rings. The number of nitrogens with zero attached hydrogens (tertiary/aromatic N) is 2. The summed E-state index contributed by atoms with van der Waals surface area (Å²) < 4.78 is 5.84.